The van der Waals surface area contributed by atoms with Gasteiger partial charge in [0.15, 0.2) is 23.2 Å². The highest BCUT2D eigenvalue weighted by molar-refractivity contribution is 5.41. The minimum Gasteiger partial charge on any atom is -0.490 e. The van der Waals surface area contributed by atoms with Crippen molar-refractivity contribution in [1.29, 1.82) is 0 Å². The fraction of sp³-hybridized carbons (Fsp3) is 0.538. The van der Waals surface area contributed by atoms with Crippen molar-refractivity contribution in [2.45, 2.75) is 51.5 Å². The Morgan fingerprint density at radius 2 is 1.79 bits per heavy atom. The summed E-state index contributed by atoms with van der Waals surface area (Å²) in [7, 11) is 0. The van der Waals surface area contributed by atoms with E-state index in [1.165, 1.54) is 0 Å². The lowest BCUT2D eigenvalue weighted by Crippen LogP contribution is -2.35. The van der Waals surface area contributed by atoms with Gasteiger partial charge in [-0.15, -0.1) is 0 Å². The van der Waals surface area contributed by atoms with Gasteiger partial charge in [0, 0.05) is 50.1 Å². The van der Waals surface area contributed by atoms with E-state index in [0.29, 0.717) is 60.9 Å². The maximum absolute atomic E-state index is 14.3. The normalized spacial score (nSPS) is 20.5. The Bertz CT molecular complexity index is 1280. The second kappa shape index (κ2) is 10.8. The number of halogens is 3. The van der Waals surface area contributed by atoms with Crippen molar-refractivity contribution < 1.29 is 22.4 Å². The molecule has 0 amide bonds. The first-order valence-corrected chi connectivity index (χ1v) is 12.9. The molecule has 2 N–H and O–H groups in total. The zero-order chi connectivity index (χ0) is 27.0. The molecule has 2 fully saturated rings. The maximum Gasteiger partial charge on any atom is 0.324 e. The number of aryl methyl sites for hydroxylation is 1. The zero-order valence-corrected chi connectivity index (χ0v) is 21.7. The van der Waals surface area contributed by atoms with E-state index in [1.807, 2.05) is 25.7 Å². The van der Waals surface area contributed by atoms with Crippen LogP contribution in [0.15, 0.2) is 22.9 Å². The number of nitrogens with zero attached hydrogens (tertiary/aromatic N) is 6. The molecule has 2 aliphatic heterocycles. The fourth-order valence-corrected chi connectivity index (χ4v) is 4.97. The Labute approximate surface area is 219 Å². The fourth-order valence-electron chi connectivity index (χ4n) is 4.97. The van der Waals surface area contributed by atoms with E-state index in [0.717, 1.165) is 32.0 Å². The number of rotatable bonds is 7. The molecule has 38 heavy (non-hydrogen) atoms. The third-order valence-corrected chi connectivity index (χ3v) is 7.32. The van der Waals surface area contributed by atoms with Crippen LogP contribution in [0.25, 0.3) is 0 Å². The molecule has 4 heterocycles. The number of piperidine rings is 1. The van der Waals surface area contributed by atoms with Crippen LogP contribution in [-0.2, 0) is 0 Å². The second-order valence-corrected chi connectivity index (χ2v) is 10.4. The van der Waals surface area contributed by atoms with Gasteiger partial charge in [-0.25, -0.2) is 23.1 Å². The van der Waals surface area contributed by atoms with Crippen LogP contribution in [0.4, 0.5) is 25.1 Å². The van der Waals surface area contributed by atoms with Crippen molar-refractivity contribution in [2.75, 3.05) is 42.6 Å². The van der Waals surface area contributed by atoms with Crippen LogP contribution in [0.1, 0.15) is 55.6 Å². The van der Waals surface area contributed by atoms with Crippen LogP contribution in [0.2, 0.25) is 0 Å². The van der Waals surface area contributed by atoms with Gasteiger partial charge in [-0.2, -0.15) is 4.98 Å². The van der Waals surface area contributed by atoms with Gasteiger partial charge in [-0.05, 0) is 37.3 Å². The number of benzene rings is 1. The van der Waals surface area contributed by atoms with Crippen molar-refractivity contribution in [3.8, 4) is 5.75 Å². The number of hydrogen-bond acceptors (Lipinski definition) is 9. The number of hydrogen-bond donors (Lipinski definition) is 1. The molecule has 5 rings (SSSR count). The summed E-state index contributed by atoms with van der Waals surface area (Å²) in [5, 5.41) is 4.04. The van der Waals surface area contributed by atoms with Crippen LogP contribution < -0.4 is 20.3 Å². The average molecular weight is 532 g/mol. The number of anilines is 2. The molecule has 0 saturated carbocycles. The van der Waals surface area contributed by atoms with Crippen LogP contribution in [0, 0.1) is 30.3 Å². The molecule has 0 unspecified atom stereocenters. The molecule has 0 spiro atoms. The van der Waals surface area contributed by atoms with E-state index in [-0.39, 0.29) is 11.5 Å². The predicted octanol–water partition coefficient (Wildman–Crippen LogP) is 3.94. The highest BCUT2D eigenvalue weighted by atomic mass is 19.2. The minimum atomic E-state index is -1.22. The Morgan fingerprint density at radius 1 is 1.05 bits per heavy atom. The standard InChI is InChI=1S/C26H32F3N7O2/c1-14(2)24-33-26(38-34-24)35-6-4-16(5-7-35)13-37-23-10-31-25(32-15(23)3)36-11-18(22(30)12-36)17-8-20(28)21(29)9-19(17)27/h8-10,14,16,18,22H,4-7,11-13,30H2,1-3H3/t18-,22+/m1/s1. The van der Waals surface area contributed by atoms with Gasteiger partial charge in [0.05, 0.1) is 18.5 Å². The summed E-state index contributed by atoms with van der Waals surface area (Å²) in [6.45, 7) is 8.74. The summed E-state index contributed by atoms with van der Waals surface area (Å²) in [6.07, 6.45) is 3.51. The first kappa shape index (κ1) is 26.2. The molecule has 12 heteroatoms. The van der Waals surface area contributed by atoms with Crippen molar-refractivity contribution in [3.63, 3.8) is 0 Å². The number of nitrogens with two attached hydrogens (primary N) is 1. The van der Waals surface area contributed by atoms with Crippen molar-refractivity contribution in [3.05, 3.63) is 52.9 Å². The van der Waals surface area contributed by atoms with Crippen molar-refractivity contribution in [1.82, 2.24) is 20.1 Å². The van der Waals surface area contributed by atoms with Crippen LogP contribution in [0.3, 0.4) is 0 Å². The molecule has 3 aromatic rings. The highest BCUT2D eigenvalue weighted by Crippen LogP contribution is 2.32. The molecule has 2 saturated heterocycles. The molecule has 2 atom stereocenters. The molecule has 2 aromatic heterocycles. The quantitative estimate of drug-likeness (QED) is 0.454. The Hall–Kier alpha value is -3.41. The lowest BCUT2D eigenvalue weighted by molar-refractivity contribution is 0.217. The largest absolute Gasteiger partial charge is 0.490 e. The lowest BCUT2D eigenvalue weighted by atomic mass is 9.94. The maximum atomic E-state index is 14.3. The lowest BCUT2D eigenvalue weighted by Gasteiger charge is -2.30. The Morgan fingerprint density at radius 3 is 2.47 bits per heavy atom. The monoisotopic (exact) mass is 531 g/mol. The molecule has 2 aliphatic rings. The van der Waals surface area contributed by atoms with Crippen LogP contribution in [0.5, 0.6) is 5.75 Å². The van der Waals surface area contributed by atoms with Gasteiger partial charge in [-0.1, -0.05) is 19.0 Å². The second-order valence-electron chi connectivity index (χ2n) is 10.4. The molecular formula is C26H32F3N7O2. The number of aromatic nitrogens is 4. The van der Waals surface area contributed by atoms with Crippen molar-refractivity contribution >= 4 is 12.0 Å². The Kier molecular flexibility index (Phi) is 7.42. The summed E-state index contributed by atoms with van der Waals surface area (Å²) in [6, 6.07) is 1.54. The summed E-state index contributed by atoms with van der Waals surface area (Å²) >= 11 is 0. The predicted molar refractivity (Wildman–Crippen MR) is 135 cm³/mol. The highest BCUT2D eigenvalue weighted by Gasteiger charge is 2.35. The summed E-state index contributed by atoms with van der Waals surface area (Å²) in [5.41, 5.74) is 6.97. The van der Waals surface area contributed by atoms with E-state index < -0.39 is 29.4 Å². The van der Waals surface area contributed by atoms with E-state index in [1.54, 1.807) is 6.20 Å². The van der Waals surface area contributed by atoms with Gasteiger partial charge < -0.3 is 24.8 Å². The third-order valence-electron chi connectivity index (χ3n) is 7.32. The van der Waals surface area contributed by atoms with Gasteiger partial charge in [-0.3, -0.25) is 0 Å². The molecule has 1 aromatic carbocycles. The number of ether oxygens (including phenoxy) is 1. The molecule has 0 bridgehead atoms. The van der Waals surface area contributed by atoms with E-state index in [9.17, 15) is 13.2 Å². The first-order chi connectivity index (χ1) is 18.2. The van der Waals surface area contributed by atoms with E-state index in [4.69, 9.17) is 15.0 Å². The third kappa shape index (κ3) is 5.40. The van der Waals surface area contributed by atoms with Gasteiger partial charge in [0.25, 0.3) is 0 Å². The smallest absolute Gasteiger partial charge is 0.324 e. The van der Waals surface area contributed by atoms with Crippen molar-refractivity contribution in [2.24, 2.45) is 11.7 Å². The molecule has 0 radical (unpaired) electrons. The topological polar surface area (TPSA) is 106 Å². The summed E-state index contributed by atoms with van der Waals surface area (Å²) in [4.78, 5) is 17.4. The van der Waals surface area contributed by atoms with Gasteiger partial charge >= 0.3 is 6.01 Å². The van der Waals surface area contributed by atoms with Gasteiger partial charge in [0.2, 0.25) is 5.95 Å². The first-order valence-electron chi connectivity index (χ1n) is 12.9. The minimum absolute atomic E-state index is 0.0566. The molecule has 9 nitrogen and oxygen atoms in total. The van der Waals surface area contributed by atoms with E-state index in [2.05, 4.69) is 25.0 Å². The van der Waals surface area contributed by atoms with Crippen LogP contribution in [-0.4, -0.2) is 58.9 Å². The van der Waals surface area contributed by atoms with Gasteiger partial charge in [0.1, 0.15) is 5.82 Å². The van der Waals surface area contributed by atoms with E-state index >= 15 is 0 Å². The summed E-state index contributed by atoms with van der Waals surface area (Å²) in [5.74, 6) is -1.29. The Balaban J connectivity index is 1.16. The SMILES string of the molecule is Cc1nc(N2C[C@H](c3cc(F)c(F)cc3F)[C@@H](N)C2)ncc1OCC1CCN(c2nc(C(C)C)no2)CC1. The molecular weight excluding hydrogens is 499 g/mol. The average Bonchev–Trinajstić information content (AvgIpc) is 3.53. The zero-order valence-electron chi connectivity index (χ0n) is 21.7. The summed E-state index contributed by atoms with van der Waals surface area (Å²) < 4.78 is 52.9. The molecule has 204 valence electrons. The molecule has 0 aliphatic carbocycles. The van der Waals surface area contributed by atoms with Crippen LogP contribution >= 0.6 is 0 Å².